The van der Waals surface area contributed by atoms with Gasteiger partial charge < -0.3 is 0 Å². The van der Waals surface area contributed by atoms with Crippen molar-refractivity contribution in [1.29, 1.82) is 0 Å². The molecule has 0 N–H and O–H groups in total. The molecular weight excluding hydrogens is 319 g/mol. The predicted octanol–water partition coefficient (Wildman–Crippen LogP) is -5.12. The quantitative estimate of drug-likeness (QED) is 0.390. The van der Waals surface area contributed by atoms with E-state index in [0.29, 0.717) is 0 Å². The summed E-state index contributed by atoms with van der Waals surface area (Å²) in [5, 5.41) is 0. The molecule has 0 aliphatic heterocycles. The first kappa shape index (κ1) is 7.39. The molecule has 0 rings (SSSR count). The average Bonchev–Trinajstić information content (AvgIpc) is 0.722. The average molecular weight is 331 g/mol. The second-order valence-corrected chi connectivity index (χ2v) is 243. The topological polar surface area (TPSA) is 0 Å². The summed E-state index contributed by atoms with van der Waals surface area (Å²) < 4.78 is 0.139. The molecule has 0 unspecified atom stereocenters. The first-order valence-corrected chi connectivity index (χ1v) is 31.2. The number of hydrogen-bond acceptors (Lipinski definition) is 0. The van der Waals surface area contributed by atoms with Crippen LogP contribution in [0.2, 0.25) is 0 Å². The van der Waals surface area contributed by atoms with E-state index in [1.807, 2.05) is 0 Å². The summed E-state index contributed by atoms with van der Waals surface area (Å²) in [6.07, 6.45) is 0. The van der Waals surface area contributed by atoms with Crippen molar-refractivity contribution in [3.8, 4) is 0 Å². The fraction of sp³-hybridized carbons (Fsp3) is 0. The van der Waals surface area contributed by atoms with Crippen molar-refractivity contribution < 1.29 is 0 Å². The summed E-state index contributed by atoms with van der Waals surface area (Å²) in [4.78, 5) is 0. The van der Waals surface area contributed by atoms with Crippen molar-refractivity contribution >= 4 is 65.6 Å². The summed E-state index contributed by atoms with van der Waals surface area (Å²) >= 11 is 5.56. The van der Waals surface area contributed by atoms with E-state index in [1.165, 1.54) is 63.4 Å². The van der Waals surface area contributed by atoms with E-state index in [0.717, 1.165) is 0 Å². The van der Waals surface area contributed by atoms with Gasteiger partial charge in [0.05, 0.1) is 0 Å². The molecule has 0 radical (unpaired) electrons. The Kier molecular flexibility index (Phi) is 3.90. The van der Waals surface area contributed by atoms with Crippen LogP contribution in [0.4, 0.5) is 0 Å². The zero-order chi connectivity index (χ0) is 4.50. The first-order chi connectivity index (χ1) is 2.00. The van der Waals surface area contributed by atoms with E-state index < -0.39 is 0 Å². The molecule has 0 aromatic rings. The number of rotatable bonds is 0. The van der Waals surface area contributed by atoms with Crippen molar-refractivity contribution in [2.75, 3.05) is 0 Å². The van der Waals surface area contributed by atoms with Gasteiger partial charge in [0.1, 0.15) is 0 Å². The fourth-order valence-corrected chi connectivity index (χ4v) is 0. The predicted molar refractivity (Wildman–Crippen MR) is 45.5 cm³/mol. The Balaban J connectivity index is 3.02. The summed E-state index contributed by atoms with van der Waals surface area (Å²) in [5.41, 5.74) is 0. The van der Waals surface area contributed by atoms with Crippen molar-refractivity contribution in [2.24, 2.45) is 0 Å². The second kappa shape index (κ2) is 2.64. The van der Waals surface area contributed by atoms with Gasteiger partial charge in [-0.2, -0.15) is 0 Å². The van der Waals surface area contributed by atoms with Gasteiger partial charge in [-0.05, 0) is 0 Å². The van der Waals surface area contributed by atoms with E-state index in [4.69, 9.17) is 0 Å². The van der Waals surface area contributed by atoms with E-state index in [2.05, 4.69) is 0 Å². The van der Waals surface area contributed by atoms with Crippen LogP contribution in [0, 0.1) is 0 Å². The third-order valence-corrected chi connectivity index (χ3v) is 0. The standard InChI is InChI=1S/Ge4H12Si/c1-5(2,3)4/h1-4H3. The molecule has 0 aromatic carbocycles. The van der Waals surface area contributed by atoms with Crippen LogP contribution < -0.4 is 0 Å². The van der Waals surface area contributed by atoms with Crippen LogP contribution in [0.3, 0.4) is 0 Å². The molecule has 0 atom stereocenters. The minimum absolute atomic E-state index is 0.139. The Labute approximate surface area is 64.8 Å². The SMILES string of the molecule is [GeH3][Si]([GeH3])([GeH3])[GeH3]. The molecule has 0 saturated carbocycles. The monoisotopic (exact) mass is 336 g/mol. The molecule has 0 fully saturated rings. The summed E-state index contributed by atoms with van der Waals surface area (Å²) in [6.45, 7) is 0. The van der Waals surface area contributed by atoms with Crippen LogP contribution in [0.25, 0.3) is 0 Å². The van der Waals surface area contributed by atoms with E-state index in [1.54, 1.807) is 0 Å². The van der Waals surface area contributed by atoms with Gasteiger partial charge in [0.15, 0.2) is 0 Å². The van der Waals surface area contributed by atoms with E-state index >= 15 is 0 Å². The Morgan fingerprint density at radius 2 is 0.800 bits per heavy atom. The van der Waals surface area contributed by atoms with Crippen LogP contribution in [0.5, 0.6) is 0 Å². The van der Waals surface area contributed by atoms with Crippen LogP contribution in [0.1, 0.15) is 0 Å². The van der Waals surface area contributed by atoms with Gasteiger partial charge in [0.2, 0.25) is 0 Å². The third kappa shape index (κ3) is 21.6. The Morgan fingerprint density at radius 3 is 0.800 bits per heavy atom. The molecule has 0 nitrogen and oxygen atoms in total. The van der Waals surface area contributed by atoms with Crippen LogP contribution in [-0.2, 0) is 0 Å². The van der Waals surface area contributed by atoms with Crippen LogP contribution >= 0.6 is 0 Å². The maximum absolute atomic E-state index is 1.39. The van der Waals surface area contributed by atoms with Gasteiger partial charge in [-0.15, -0.1) is 0 Å². The van der Waals surface area contributed by atoms with Crippen molar-refractivity contribution in [2.45, 2.75) is 0 Å². The van der Waals surface area contributed by atoms with Gasteiger partial charge in [-0.25, -0.2) is 0 Å². The fourth-order valence-electron chi connectivity index (χ4n) is 0. The second-order valence-electron chi connectivity index (χ2n) is 3.00. The molecule has 0 aliphatic carbocycles. The summed E-state index contributed by atoms with van der Waals surface area (Å²) in [5.74, 6) is 0. The zero-order valence-corrected chi connectivity index (χ0v) is 22.3. The van der Waals surface area contributed by atoms with Crippen molar-refractivity contribution in [1.82, 2.24) is 0 Å². The molecule has 32 valence electrons. The molecule has 0 aliphatic rings. The van der Waals surface area contributed by atoms with Gasteiger partial charge in [0, 0.05) is 0 Å². The van der Waals surface area contributed by atoms with Gasteiger partial charge >= 0.3 is 65.6 Å². The molecule has 0 amide bonds. The molecular formula is H12Ge4Si. The molecule has 0 bridgehead atoms. The normalized spacial score (nSPS) is 24.0. The molecule has 0 aromatic heterocycles. The van der Waals surface area contributed by atoms with E-state index in [-0.39, 0.29) is 2.17 Å². The van der Waals surface area contributed by atoms with Gasteiger partial charge in [-0.3, -0.25) is 0 Å². The van der Waals surface area contributed by atoms with Gasteiger partial charge in [0.25, 0.3) is 0 Å². The molecule has 0 saturated heterocycles. The maximum atomic E-state index is 1.39. The molecule has 0 spiro atoms. The Morgan fingerprint density at radius 1 is 0.800 bits per heavy atom. The Hall–Kier alpha value is 2.39. The van der Waals surface area contributed by atoms with Crippen molar-refractivity contribution in [3.63, 3.8) is 0 Å². The summed E-state index contributed by atoms with van der Waals surface area (Å²) in [6, 6.07) is 0. The summed E-state index contributed by atoms with van der Waals surface area (Å²) in [7, 11) is 0. The Bertz CT molecular complexity index is 19.1. The molecule has 5 heavy (non-hydrogen) atoms. The third-order valence-electron chi connectivity index (χ3n) is 0. The minimum atomic E-state index is 0.139. The first-order valence-electron chi connectivity index (χ1n) is 2.00. The van der Waals surface area contributed by atoms with Crippen molar-refractivity contribution in [3.05, 3.63) is 0 Å². The molecule has 5 heteroatoms. The zero-order valence-electron chi connectivity index (χ0n) is 4.50. The van der Waals surface area contributed by atoms with Crippen LogP contribution in [-0.4, -0.2) is 65.6 Å². The van der Waals surface area contributed by atoms with Gasteiger partial charge in [-0.1, -0.05) is 0 Å². The van der Waals surface area contributed by atoms with Crippen LogP contribution in [0.15, 0.2) is 0 Å². The molecule has 0 heterocycles. The number of hydrogen-bond donors (Lipinski definition) is 0. The van der Waals surface area contributed by atoms with E-state index in [9.17, 15) is 0 Å².